The normalized spacial score (nSPS) is 17.4. The van der Waals surface area contributed by atoms with Crippen LogP contribution in [0.15, 0.2) is 6.07 Å². The predicted molar refractivity (Wildman–Crippen MR) is 87.8 cm³/mol. The summed E-state index contributed by atoms with van der Waals surface area (Å²) in [5.41, 5.74) is 1.82. The fourth-order valence-corrected chi connectivity index (χ4v) is 3.73. The van der Waals surface area contributed by atoms with E-state index in [-0.39, 0.29) is 24.3 Å². The van der Waals surface area contributed by atoms with Gasteiger partial charge >= 0.3 is 6.18 Å². The summed E-state index contributed by atoms with van der Waals surface area (Å²) in [7, 11) is 1.80. The number of hydrogen-bond donors (Lipinski definition) is 0. The SMILES string of the molecule is Cn1nc(C2CC2)cc1CC(=O)Cn1nc(C(F)(F)F)c2c1CCCC2. The number of aromatic nitrogens is 4. The van der Waals surface area contributed by atoms with Crippen molar-refractivity contribution in [3.63, 3.8) is 0 Å². The molecule has 0 amide bonds. The van der Waals surface area contributed by atoms with E-state index in [0.717, 1.165) is 37.1 Å². The number of alkyl halides is 3. The molecule has 0 unspecified atom stereocenters. The Labute approximate surface area is 149 Å². The maximum Gasteiger partial charge on any atom is 0.435 e. The van der Waals surface area contributed by atoms with Crippen LogP contribution in [0.5, 0.6) is 0 Å². The zero-order chi connectivity index (χ0) is 18.5. The highest BCUT2D eigenvalue weighted by molar-refractivity contribution is 5.80. The van der Waals surface area contributed by atoms with Crippen LogP contribution in [0.2, 0.25) is 0 Å². The van der Waals surface area contributed by atoms with Crippen molar-refractivity contribution in [1.29, 1.82) is 0 Å². The molecular formula is C18H21F3N4O. The van der Waals surface area contributed by atoms with Gasteiger partial charge < -0.3 is 0 Å². The smallest absolute Gasteiger partial charge is 0.297 e. The van der Waals surface area contributed by atoms with E-state index in [2.05, 4.69) is 10.2 Å². The number of halogens is 3. The van der Waals surface area contributed by atoms with Crippen LogP contribution in [0.4, 0.5) is 13.2 Å². The topological polar surface area (TPSA) is 52.7 Å². The van der Waals surface area contributed by atoms with Gasteiger partial charge in [0.15, 0.2) is 11.5 Å². The summed E-state index contributed by atoms with van der Waals surface area (Å²) in [5, 5.41) is 8.19. The summed E-state index contributed by atoms with van der Waals surface area (Å²) in [6, 6.07) is 1.94. The second-order valence-electron chi connectivity index (χ2n) is 7.31. The van der Waals surface area contributed by atoms with Crippen molar-refractivity contribution in [2.45, 2.75) is 63.6 Å². The highest BCUT2D eigenvalue weighted by atomic mass is 19.4. The number of nitrogens with zero attached hydrogens (tertiary/aromatic N) is 4. The van der Waals surface area contributed by atoms with Gasteiger partial charge in [0.25, 0.3) is 0 Å². The lowest BCUT2D eigenvalue weighted by Gasteiger charge is -2.14. The van der Waals surface area contributed by atoms with Gasteiger partial charge in [-0.2, -0.15) is 23.4 Å². The number of carbonyl (C=O) groups excluding carboxylic acids is 1. The molecule has 2 aliphatic carbocycles. The Kier molecular flexibility index (Phi) is 4.16. The monoisotopic (exact) mass is 366 g/mol. The van der Waals surface area contributed by atoms with Crippen molar-refractivity contribution in [3.05, 3.63) is 34.4 Å². The molecule has 2 aliphatic rings. The fraction of sp³-hybridized carbons (Fsp3) is 0.611. The third kappa shape index (κ3) is 3.29. The van der Waals surface area contributed by atoms with Crippen molar-refractivity contribution in [2.75, 3.05) is 0 Å². The minimum Gasteiger partial charge on any atom is -0.297 e. The van der Waals surface area contributed by atoms with Crippen LogP contribution in [0.25, 0.3) is 0 Å². The molecule has 8 heteroatoms. The molecule has 0 aromatic carbocycles. The van der Waals surface area contributed by atoms with E-state index in [1.165, 1.54) is 4.68 Å². The van der Waals surface area contributed by atoms with Crippen LogP contribution >= 0.6 is 0 Å². The van der Waals surface area contributed by atoms with Crippen molar-refractivity contribution in [3.8, 4) is 0 Å². The van der Waals surface area contributed by atoms with E-state index in [0.29, 0.717) is 24.5 Å². The maximum atomic E-state index is 13.2. The standard InChI is InChI=1S/C18H21F3N4O/c1-24-12(9-15(22-24)11-6-7-11)8-13(26)10-25-16-5-3-2-4-14(16)17(23-25)18(19,20)21/h9,11H,2-8,10H2,1H3. The first-order valence-corrected chi connectivity index (χ1v) is 9.03. The van der Waals surface area contributed by atoms with Crippen molar-refractivity contribution < 1.29 is 18.0 Å². The Morgan fingerprint density at radius 3 is 2.65 bits per heavy atom. The summed E-state index contributed by atoms with van der Waals surface area (Å²) in [6.07, 6.45) is 0.427. The van der Waals surface area contributed by atoms with Gasteiger partial charge in [-0.3, -0.25) is 14.2 Å². The molecule has 1 fully saturated rings. The molecule has 2 aromatic rings. The average Bonchev–Trinajstić information content (AvgIpc) is 3.27. The molecule has 0 N–H and O–H groups in total. The van der Waals surface area contributed by atoms with Gasteiger partial charge in [-0.1, -0.05) is 0 Å². The van der Waals surface area contributed by atoms with Crippen molar-refractivity contribution in [2.24, 2.45) is 7.05 Å². The summed E-state index contributed by atoms with van der Waals surface area (Å²) in [4.78, 5) is 12.5. The summed E-state index contributed by atoms with van der Waals surface area (Å²) in [6.45, 7) is -0.123. The first-order valence-electron chi connectivity index (χ1n) is 9.03. The molecule has 2 aromatic heterocycles. The van der Waals surface area contributed by atoms with Gasteiger partial charge in [0.1, 0.15) is 6.54 Å². The van der Waals surface area contributed by atoms with Crippen molar-refractivity contribution in [1.82, 2.24) is 19.6 Å². The number of hydrogen-bond acceptors (Lipinski definition) is 3. The third-order valence-corrected chi connectivity index (χ3v) is 5.22. The Morgan fingerprint density at radius 1 is 1.23 bits per heavy atom. The fourth-order valence-electron chi connectivity index (χ4n) is 3.73. The van der Waals surface area contributed by atoms with Crippen LogP contribution in [-0.2, 0) is 43.8 Å². The van der Waals surface area contributed by atoms with E-state index >= 15 is 0 Å². The van der Waals surface area contributed by atoms with Crippen LogP contribution in [0.3, 0.4) is 0 Å². The maximum absolute atomic E-state index is 13.2. The van der Waals surface area contributed by atoms with E-state index in [1.807, 2.05) is 6.07 Å². The van der Waals surface area contributed by atoms with E-state index < -0.39 is 11.9 Å². The Bertz CT molecular complexity index is 845. The lowest BCUT2D eigenvalue weighted by Crippen LogP contribution is -2.18. The molecule has 1 saturated carbocycles. The number of ketones is 1. The van der Waals surface area contributed by atoms with E-state index in [4.69, 9.17) is 0 Å². The van der Waals surface area contributed by atoms with Gasteiger partial charge in [0, 0.05) is 29.9 Å². The summed E-state index contributed by atoms with van der Waals surface area (Å²) in [5.74, 6) is 0.345. The molecule has 0 saturated heterocycles. The largest absolute Gasteiger partial charge is 0.435 e. The van der Waals surface area contributed by atoms with Gasteiger partial charge in [-0.05, 0) is 44.6 Å². The second-order valence-corrected chi connectivity index (χ2v) is 7.31. The molecule has 0 radical (unpaired) electrons. The Hall–Kier alpha value is -2.12. The minimum atomic E-state index is -4.48. The number of rotatable bonds is 5. The van der Waals surface area contributed by atoms with E-state index in [1.54, 1.807) is 11.7 Å². The second kappa shape index (κ2) is 6.25. The Morgan fingerprint density at radius 2 is 1.96 bits per heavy atom. The molecular weight excluding hydrogens is 345 g/mol. The highest BCUT2D eigenvalue weighted by Crippen LogP contribution is 2.39. The van der Waals surface area contributed by atoms with Crippen LogP contribution < -0.4 is 0 Å². The molecule has 0 bridgehead atoms. The van der Waals surface area contributed by atoms with Gasteiger partial charge in [0.2, 0.25) is 0 Å². The number of fused-ring (bicyclic) bond motifs is 1. The van der Waals surface area contributed by atoms with Crippen LogP contribution in [0, 0.1) is 0 Å². The zero-order valence-electron chi connectivity index (χ0n) is 14.6. The van der Waals surface area contributed by atoms with Crippen molar-refractivity contribution >= 4 is 5.78 Å². The minimum absolute atomic E-state index is 0.123. The van der Waals surface area contributed by atoms with Gasteiger partial charge in [0.05, 0.1) is 12.1 Å². The lowest BCUT2D eigenvalue weighted by atomic mass is 9.95. The molecule has 0 atom stereocenters. The average molecular weight is 366 g/mol. The summed E-state index contributed by atoms with van der Waals surface area (Å²) < 4.78 is 42.7. The molecule has 26 heavy (non-hydrogen) atoms. The third-order valence-electron chi connectivity index (χ3n) is 5.22. The number of Topliss-reactive ketones (excluding diaryl/α,β-unsaturated/α-hetero) is 1. The summed E-state index contributed by atoms with van der Waals surface area (Å²) >= 11 is 0. The molecule has 0 aliphatic heterocycles. The predicted octanol–water partition coefficient (Wildman–Crippen LogP) is 3.20. The molecule has 0 spiro atoms. The van der Waals surface area contributed by atoms with Gasteiger partial charge in [-0.25, -0.2) is 0 Å². The zero-order valence-corrected chi connectivity index (χ0v) is 14.6. The Balaban J connectivity index is 1.53. The van der Waals surface area contributed by atoms with Crippen LogP contribution in [0.1, 0.15) is 59.9 Å². The molecule has 4 rings (SSSR count). The van der Waals surface area contributed by atoms with E-state index in [9.17, 15) is 18.0 Å². The first kappa shape index (κ1) is 17.3. The number of carbonyl (C=O) groups is 1. The molecule has 2 heterocycles. The van der Waals surface area contributed by atoms with Crippen LogP contribution in [-0.4, -0.2) is 25.3 Å². The quantitative estimate of drug-likeness (QED) is 0.817. The van der Waals surface area contributed by atoms with Gasteiger partial charge in [-0.15, -0.1) is 0 Å². The molecule has 140 valence electrons. The first-order chi connectivity index (χ1) is 12.3. The lowest BCUT2D eigenvalue weighted by molar-refractivity contribution is -0.142. The molecule has 5 nitrogen and oxygen atoms in total. The number of aryl methyl sites for hydroxylation is 1. The highest BCUT2D eigenvalue weighted by Gasteiger charge is 2.39.